The number of esters is 1. The zero-order chi connectivity index (χ0) is 20.2. The van der Waals surface area contributed by atoms with E-state index >= 15 is 0 Å². The fraction of sp³-hybridized carbons (Fsp3) is 0.647. The van der Waals surface area contributed by atoms with Gasteiger partial charge in [0.25, 0.3) is 5.91 Å². The van der Waals surface area contributed by atoms with E-state index in [9.17, 15) is 9.59 Å². The van der Waals surface area contributed by atoms with E-state index in [-0.39, 0.29) is 24.3 Å². The Bertz CT molecular complexity index is 627. The van der Waals surface area contributed by atoms with Gasteiger partial charge in [-0.1, -0.05) is 19.8 Å². The predicted octanol–water partition coefficient (Wildman–Crippen LogP) is 0.580. The molecule has 0 aromatic carbocycles. The van der Waals surface area contributed by atoms with Crippen LogP contribution in [0.15, 0.2) is 15.7 Å². The van der Waals surface area contributed by atoms with Crippen molar-refractivity contribution in [1.29, 1.82) is 0 Å². The molecule has 10 heteroatoms. The van der Waals surface area contributed by atoms with Crippen LogP contribution < -0.4 is 22.5 Å². The summed E-state index contributed by atoms with van der Waals surface area (Å²) in [6.07, 6.45) is 4.71. The summed E-state index contributed by atoms with van der Waals surface area (Å²) < 4.78 is 10.3. The number of oxazole rings is 1. The molecule has 0 spiro atoms. The highest BCUT2D eigenvalue weighted by atomic mass is 16.5. The first kappa shape index (κ1) is 22.4. The van der Waals surface area contributed by atoms with Gasteiger partial charge in [0.2, 0.25) is 5.89 Å². The summed E-state index contributed by atoms with van der Waals surface area (Å²) in [7, 11) is 0. The van der Waals surface area contributed by atoms with Crippen LogP contribution in [0.5, 0.6) is 0 Å². The third kappa shape index (κ3) is 8.07. The zero-order valence-electron chi connectivity index (χ0n) is 15.9. The summed E-state index contributed by atoms with van der Waals surface area (Å²) in [6.45, 7) is 4.30. The molecule has 1 amide bonds. The van der Waals surface area contributed by atoms with Crippen molar-refractivity contribution in [3.63, 3.8) is 0 Å². The predicted molar refractivity (Wildman–Crippen MR) is 101 cm³/mol. The molecule has 0 aliphatic rings. The lowest BCUT2D eigenvalue weighted by atomic mass is 10.1. The van der Waals surface area contributed by atoms with Gasteiger partial charge in [-0.15, -0.1) is 0 Å². The number of guanidine groups is 1. The van der Waals surface area contributed by atoms with Crippen LogP contribution in [-0.2, 0) is 9.53 Å². The Morgan fingerprint density at radius 3 is 2.67 bits per heavy atom. The van der Waals surface area contributed by atoms with Gasteiger partial charge in [0.05, 0.1) is 12.6 Å². The Kier molecular flexibility index (Phi) is 9.88. The molecule has 27 heavy (non-hydrogen) atoms. The van der Waals surface area contributed by atoms with Gasteiger partial charge in [-0.2, -0.15) is 0 Å². The highest BCUT2D eigenvalue weighted by Gasteiger charge is 2.24. The van der Waals surface area contributed by atoms with E-state index < -0.39 is 17.9 Å². The average Bonchev–Trinajstić information content (AvgIpc) is 3.12. The largest absolute Gasteiger partial charge is 0.464 e. The summed E-state index contributed by atoms with van der Waals surface area (Å²) in [4.78, 5) is 32.5. The van der Waals surface area contributed by atoms with Gasteiger partial charge in [-0.25, -0.2) is 9.78 Å². The second kappa shape index (κ2) is 11.9. The molecular formula is C17H30N6O4. The molecule has 0 saturated carbocycles. The number of unbranched alkanes of at least 4 members (excludes halogenated alkanes) is 1. The molecule has 10 nitrogen and oxygen atoms in total. The number of nitrogens with two attached hydrogens (primary N) is 3. The highest BCUT2D eigenvalue weighted by molar-refractivity contribution is 5.94. The van der Waals surface area contributed by atoms with Crippen LogP contribution in [0, 0.1) is 0 Å². The van der Waals surface area contributed by atoms with Crippen molar-refractivity contribution in [1.82, 2.24) is 10.3 Å². The molecule has 0 aliphatic carbocycles. The van der Waals surface area contributed by atoms with Crippen molar-refractivity contribution in [2.45, 2.75) is 58.0 Å². The molecule has 1 rings (SSSR count). The van der Waals surface area contributed by atoms with Gasteiger partial charge >= 0.3 is 5.97 Å². The Hall–Kier alpha value is -2.62. The molecule has 2 atom stereocenters. The molecule has 0 radical (unpaired) electrons. The van der Waals surface area contributed by atoms with Crippen molar-refractivity contribution in [2.24, 2.45) is 22.2 Å². The number of ether oxygens (including phenoxy) is 1. The molecule has 1 aromatic rings. The van der Waals surface area contributed by atoms with Crippen LogP contribution in [-0.4, -0.2) is 42.0 Å². The van der Waals surface area contributed by atoms with Crippen molar-refractivity contribution in [3.05, 3.63) is 17.8 Å². The smallest absolute Gasteiger partial charge is 0.328 e. The third-order valence-electron chi connectivity index (χ3n) is 3.76. The number of hydrogen-bond donors (Lipinski definition) is 4. The maximum Gasteiger partial charge on any atom is 0.328 e. The van der Waals surface area contributed by atoms with Gasteiger partial charge in [0.15, 0.2) is 11.7 Å². The molecule has 1 aromatic heterocycles. The highest BCUT2D eigenvalue weighted by Crippen LogP contribution is 2.16. The van der Waals surface area contributed by atoms with Crippen LogP contribution in [0.1, 0.15) is 68.4 Å². The topological polar surface area (TPSA) is 172 Å². The average molecular weight is 382 g/mol. The number of carbonyl (C=O) groups excluding carboxylic acids is 2. The van der Waals surface area contributed by atoms with Gasteiger partial charge in [0, 0.05) is 6.54 Å². The van der Waals surface area contributed by atoms with Crippen LogP contribution in [0.4, 0.5) is 0 Å². The van der Waals surface area contributed by atoms with Crippen LogP contribution in [0.3, 0.4) is 0 Å². The van der Waals surface area contributed by atoms with E-state index in [0.717, 1.165) is 12.8 Å². The second-order valence-corrected chi connectivity index (χ2v) is 6.05. The fourth-order valence-corrected chi connectivity index (χ4v) is 2.34. The maximum absolute atomic E-state index is 12.4. The molecule has 0 fully saturated rings. The molecule has 2 unspecified atom stereocenters. The van der Waals surface area contributed by atoms with Gasteiger partial charge < -0.3 is 31.7 Å². The van der Waals surface area contributed by atoms with E-state index in [4.69, 9.17) is 26.4 Å². The first-order valence-corrected chi connectivity index (χ1v) is 9.12. The standard InChI is InChI=1S/C17H30N6O4/c1-3-5-7-11(18)15-23-13(10-27-15)14(24)22-12(16(25)26-4-2)8-6-9-21-17(19)20/h10-12H,3-9,18H2,1-2H3,(H,22,24)(H4,19,20,21). The normalized spacial score (nSPS) is 12.9. The second-order valence-electron chi connectivity index (χ2n) is 6.05. The minimum absolute atomic E-state index is 0.0266. The number of rotatable bonds is 12. The lowest BCUT2D eigenvalue weighted by Gasteiger charge is -2.16. The van der Waals surface area contributed by atoms with Gasteiger partial charge in [-0.3, -0.25) is 9.79 Å². The number of hydrogen-bond acceptors (Lipinski definition) is 7. The van der Waals surface area contributed by atoms with Crippen LogP contribution in [0.2, 0.25) is 0 Å². The number of nitrogens with one attached hydrogen (secondary N) is 1. The van der Waals surface area contributed by atoms with E-state index in [1.807, 2.05) is 0 Å². The zero-order valence-corrected chi connectivity index (χ0v) is 15.9. The quantitative estimate of drug-likeness (QED) is 0.176. The fourth-order valence-electron chi connectivity index (χ4n) is 2.34. The Morgan fingerprint density at radius 2 is 2.04 bits per heavy atom. The van der Waals surface area contributed by atoms with Crippen molar-refractivity contribution < 1.29 is 18.7 Å². The molecule has 0 saturated heterocycles. The number of carbonyl (C=O) groups is 2. The van der Waals surface area contributed by atoms with Crippen LogP contribution in [0.25, 0.3) is 0 Å². The van der Waals surface area contributed by atoms with Gasteiger partial charge in [0.1, 0.15) is 12.3 Å². The summed E-state index contributed by atoms with van der Waals surface area (Å²) in [5, 5.41) is 2.61. The lowest BCUT2D eigenvalue weighted by Crippen LogP contribution is -2.42. The molecule has 7 N–H and O–H groups in total. The number of amides is 1. The molecule has 152 valence electrons. The van der Waals surface area contributed by atoms with Crippen molar-refractivity contribution in [3.8, 4) is 0 Å². The number of aliphatic imine (C=N–C) groups is 1. The SMILES string of the molecule is CCCCC(N)c1nc(C(=O)NC(CCCN=C(N)N)C(=O)OCC)co1. The van der Waals surface area contributed by atoms with E-state index in [0.29, 0.717) is 31.7 Å². The third-order valence-corrected chi connectivity index (χ3v) is 3.76. The maximum atomic E-state index is 12.4. The Morgan fingerprint density at radius 1 is 1.30 bits per heavy atom. The number of nitrogens with zero attached hydrogens (tertiary/aromatic N) is 2. The van der Waals surface area contributed by atoms with Crippen molar-refractivity contribution >= 4 is 17.8 Å². The molecular weight excluding hydrogens is 352 g/mol. The molecule has 0 bridgehead atoms. The van der Waals surface area contributed by atoms with E-state index in [2.05, 4.69) is 22.2 Å². The first-order chi connectivity index (χ1) is 12.9. The minimum atomic E-state index is -0.833. The van der Waals surface area contributed by atoms with E-state index in [1.165, 1.54) is 6.26 Å². The van der Waals surface area contributed by atoms with E-state index in [1.54, 1.807) is 6.92 Å². The summed E-state index contributed by atoms with van der Waals surface area (Å²) >= 11 is 0. The summed E-state index contributed by atoms with van der Waals surface area (Å²) in [5.74, 6) is -0.790. The number of aromatic nitrogens is 1. The Balaban J connectivity index is 2.70. The molecule has 0 aliphatic heterocycles. The molecule has 1 heterocycles. The monoisotopic (exact) mass is 382 g/mol. The van der Waals surface area contributed by atoms with Crippen LogP contribution >= 0.6 is 0 Å². The minimum Gasteiger partial charge on any atom is -0.464 e. The summed E-state index contributed by atoms with van der Waals surface area (Å²) in [5.41, 5.74) is 16.6. The van der Waals surface area contributed by atoms with Gasteiger partial charge in [-0.05, 0) is 26.2 Å². The lowest BCUT2D eigenvalue weighted by molar-refractivity contribution is -0.145. The Labute approximate surface area is 158 Å². The summed E-state index contributed by atoms with van der Waals surface area (Å²) in [6, 6.07) is -1.20. The van der Waals surface area contributed by atoms with Crippen molar-refractivity contribution in [2.75, 3.05) is 13.2 Å². The first-order valence-electron chi connectivity index (χ1n) is 9.12.